The van der Waals surface area contributed by atoms with Crippen molar-refractivity contribution in [2.24, 2.45) is 0 Å². The molecular formula is C18H20N2O. The zero-order chi connectivity index (χ0) is 14.7. The minimum atomic E-state index is 0.0278. The fraction of sp³-hybridized carbons (Fsp3) is 0.278. The van der Waals surface area contributed by atoms with Crippen LogP contribution in [0.15, 0.2) is 42.5 Å². The van der Waals surface area contributed by atoms with Crippen LogP contribution in [-0.2, 0) is 17.6 Å². The lowest BCUT2D eigenvalue weighted by molar-refractivity contribution is -0.115. The second kappa shape index (κ2) is 6.00. The Bertz CT molecular complexity index is 664. The molecule has 3 rings (SSSR count). The van der Waals surface area contributed by atoms with E-state index in [0.717, 1.165) is 35.5 Å². The molecule has 2 aromatic carbocycles. The summed E-state index contributed by atoms with van der Waals surface area (Å²) in [5.41, 5.74) is 5.57. The summed E-state index contributed by atoms with van der Waals surface area (Å²) in [6.45, 7) is 3.04. The number of hydrogen-bond donors (Lipinski definition) is 2. The molecule has 0 radical (unpaired) electrons. The molecule has 3 nitrogen and oxygen atoms in total. The first kappa shape index (κ1) is 13.7. The molecule has 0 unspecified atom stereocenters. The number of benzene rings is 2. The molecule has 1 heterocycles. The Labute approximate surface area is 125 Å². The van der Waals surface area contributed by atoms with Gasteiger partial charge in [-0.2, -0.15) is 0 Å². The lowest BCUT2D eigenvalue weighted by atomic mass is 10.0. The average Bonchev–Trinajstić information content (AvgIpc) is 2.49. The number of anilines is 2. The predicted molar refractivity (Wildman–Crippen MR) is 86.8 cm³/mol. The summed E-state index contributed by atoms with van der Waals surface area (Å²) in [6, 6.07) is 14.1. The van der Waals surface area contributed by atoms with Crippen molar-refractivity contribution in [2.45, 2.75) is 26.2 Å². The molecule has 108 valence electrons. The molecule has 0 atom stereocenters. The fourth-order valence-corrected chi connectivity index (χ4v) is 2.73. The molecule has 21 heavy (non-hydrogen) atoms. The van der Waals surface area contributed by atoms with E-state index < -0.39 is 0 Å². The van der Waals surface area contributed by atoms with Gasteiger partial charge in [-0.1, -0.05) is 30.3 Å². The molecule has 0 bridgehead atoms. The number of amides is 1. The van der Waals surface area contributed by atoms with Crippen molar-refractivity contribution in [1.29, 1.82) is 0 Å². The lowest BCUT2D eigenvalue weighted by Crippen LogP contribution is -2.16. The van der Waals surface area contributed by atoms with Crippen LogP contribution < -0.4 is 10.6 Å². The van der Waals surface area contributed by atoms with Crippen LogP contribution in [0.3, 0.4) is 0 Å². The van der Waals surface area contributed by atoms with Gasteiger partial charge in [0.05, 0.1) is 6.42 Å². The van der Waals surface area contributed by atoms with Crippen molar-refractivity contribution >= 4 is 17.3 Å². The first-order valence-electron chi connectivity index (χ1n) is 7.43. The van der Waals surface area contributed by atoms with Gasteiger partial charge in [0.1, 0.15) is 0 Å². The molecule has 0 saturated heterocycles. The Morgan fingerprint density at radius 3 is 2.95 bits per heavy atom. The average molecular weight is 280 g/mol. The smallest absolute Gasteiger partial charge is 0.228 e. The molecule has 0 fully saturated rings. The summed E-state index contributed by atoms with van der Waals surface area (Å²) in [5.74, 6) is 0.0278. The van der Waals surface area contributed by atoms with Crippen LogP contribution in [0, 0.1) is 6.92 Å². The highest BCUT2D eigenvalue weighted by Gasteiger charge is 2.10. The van der Waals surface area contributed by atoms with Crippen LogP contribution >= 0.6 is 0 Å². The van der Waals surface area contributed by atoms with Crippen molar-refractivity contribution in [3.63, 3.8) is 0 Å². The van der Waals surface area contributed by atoms with E-state index in [1.807, 2.05) is 43.3 Å². The lowest BCUT2D eigenvalue weighted by Gasteiger charge is -2.19. The monoisotopic (exact) mass is 280 g/mol. The highest BCUT2D eigenvalue weighted by atomic mass is 16.1. The number of fused-ring (bicyclic) bond motifs is 1. The zero-order valence-electron chi connectivity index (χ0n) is 12.3. The van der Waals surface area contributed by atoms with Gasteiger partial charge in [-0.15, -0.1) is 0 Å². The first-order chi connectivity index (χ1) is 10.2. The van der Waals surface area contributed by atoms with Crippen molar-refractivity contribution in [3.8, 4) is 0 Å². The standard InChI is InChI=1S/C18H20N2O/c1-13-5-2-3-6-15(13)11-18(21)20-16-9-8-14-7-4-10-19-17(14)12-16/h2-3,5-6,8-9,12,19H,4,7,10-11H2,1H3,(H,20,21). The van der Waals surface area contributed by atoms with Gasteiger partial charge in [0, 0.05) is 17.9 Å². The molecule has 0 aliphatic carbocycles. The Balaban J connectivity index is 1.69. The summed E-state index contributed by atoms with van der Waals surface area (Å²) in [4.78, 5) is 12.2. The van der Waals surface area contributed by atoms with Gasteiger partial charge in [-0.3, -0.25) is 4.79 Å². The summed E-state index contributed by atoms with van der Waals surface area (Å²) < 4.78 is 0. The van der Waals surface area contributed by atoms with Gasteiger partial charge in [0.25, 0.3) is 0 Å². The Morgan fingerprint density at radius 1 is 1.24 bits per heavy atom. The molecule has 0 spiro atoms. The molecule has 0 saturated carbocycles. The first-order valence-corrected chi connectivity index (χ1v) is 7.43. The van der Waals surface area contributed by atoms with Gasteiger partial charge in [0.15, 0.2) is 0 Å². The Morgan fingerprint density at radius 2 is 2.10 bits per heavy atom. The summed E-state index contributed by atoms with van der Waals surface area (Å²) in [6.07, 6.45) is 2.70. The summed E-state index contributed by atoms with van der Waals surface area (Å²) in [5, 5.41) is 6.37. The number of aryl methyl sites for hydroxylation is 2. The van der Waals surface area contributed by atoms with Crippen molar-refractivity contribution < 1.29 is 4.79 Å². The van der Waals surface area contributed by atoms with Crippen LogP contribution in [0.2, 0.25) is 0 Å². The van der Waals surface area contributed by atoms with Crippen LogP contribution in [-0.4, -0.2) is 12.5 Å². The number of carbonyl (C=O) groups excluding carboxylic acids is 1. The van der Waals surface area contributed by atoms with E-state index in [0.29, 0.717) is 6.42 Å². The zero-order valence-corrected chi connectivity index (χ0v) is 12.3. The highest BCUT2D eigenvalue weighted by molar-refractivity contribution is 5.93. The summed E-state index contributed by atoms with van der Waals surface area (Å²) in [7, 11) is 0. The third-order valence-electron chi connectivity index (χ3n) is 3.94. The Kier molecular flexibility index (Phi) is 3.91. The number of carbonyl (C=O) groups is 1. The van der Waals surface area contributed by atoms with Crippen LogP contribution in [0.5, 0.6) is 0 Å². The largest absolute Gasteiger partial charge is 0.385 e. The SMILES string of the molecule is Cc1ccccc1CC(=O)Nc1ccc2c(c1)NCCC2. The molecule has 3 heteroatoms. The molecule has 2 N–H and O–H groups in total. The van der Waals surface area contributed by atoms with E-state index in [-0.39, 0.29) is 5.91 Å². The number of nitrogens with one attached hydrogen (secondary N) is 2. The minimum Gasteiger partial charge on any atom is -0.385 e. The Hall–Kier alpha value is -2.29. The van der Waals surface area contributed by atoms with Gasteiger partial charge < -0.3 is 10.6 Å². The quantitative estimate of drug-likeness (QED) is 0.903. The van der Waals surface area contributed by atoms with Gasteiger partial charge in [0.2, 0.25) is 5.91 Å². The van der Waals surface area contributed by atoms with E-state index >= 15 is 0 Å². The number of rotatable bonds is 3. The minimum absolute atomic E-state index is 0.0278. The molecule has 1 amide bonds. The van der Waals surface area contributed by atoms with E-state index in [9.17, 15) is 4.79 Å². The molecule has 1 aliphatic heterocycles. The van der Waals surface area contributed by atoms with E-state index in [4.69, 9.17) is 0 Å². The van der Waals surface area contributed by atoms with Crippen LogP contribution in [0.4, 0.5) is 11.4 Å². The summed E-state index contributed by atoms with van der Waals surface area (Å²) >= 11 is 0. The van der Waals surface area contributed by atoms with Gasteiger partial charge >= 0.3 is 0 Å². The van der Waals surface area contributed by atoms with Crippen molar-refractivity contribution in [2.75, 3.05) is 17.2 Å². The third-order valence-corrected chi connectivity index (χ3v) is 3.94. The van der Waals surface area contributed by atoms with Crippen molar-refractivity contribution in [1.82, 2.24) is 0 Å². The fourth-order valence-electron chi connectivity index (χ4n) is 2.73. The molecule has 1 aliphatic rings. The van der Waals surface area contributed by atoms with E-state index in [2.05, 4.69) is 16.7 Å². The topological polar surface area (TPSA) is 41.1 Å². The van der Waals surface area contributed by atoms with Crippen LogP contribution in [0.25, 0.3) is 0 Å². The molecular weight excluding hydrogens is 260 g/mol. The maximum atomic E-state index is 12.2. The molecule has 2 aromatic rings. The van der Waals surface area contributed by atoms with Gasteiger partial charge in [-0.05, 0) is 48.6 Å². The van der Waals surface area contributed by atoms with Gasteiger partial charge in [-0.25, -0.2) is 0 Å². The number of hydrogen-bond acceptors (Lipinski definition) is 2. The normalized spacial score (nSPS) is 13.2. The third kappa shape index (κ3) is 3.24. The highest BCUT2D eigenvalue weighted by Crippen LogP contribution is 2.25. The van der Waals surface area contributed by atoms with E-state index in [1.54, 1.807) is 0 Å². The van der Waals surface area contributed by atoms with E-state index in [1.165, 1.54) is 12.0 Å². The predicted octanol–water partition coefficient (Wildman–Crippen LogP) is 3.53. The maximum Gasteiger partial charge on any atom is 0.228 e. The molecule has 0 aromatic heterocycles. The second-order valence-electron chi connectivity index (χ2n) is 5.55. The van der Waals surface area contributed by atoms with Crippen LogP contribution in [0.1, 0.15) is 23.1 Å². The maximum absolute atomic E-state index is 12.2. The van der Waals surface area contributed by atoms with Crippen molar-refractivity contribution in [3.05, 3.63) is 59.2 Å². The second-order valence-corrected chi connectivity index (χ2v) is 5.55.